The number of benzene rings is 3. The molecule has 0 bridgehead atoms. The van der Waals surface area contributed by atoms with Crippen molar-refractivity contribution >= 4 is 21.9 Å². The summed E-state index contributed by atoms with van der Waals surface area (Å²) in [6.45, 7) is 2.13. The Morgan fingerprint density at radius 3 is 2.48 bits per heavy atom. The second-order valence-corrected chi connectivity index (χ2v) is 7.31. The van der Waals surface area contributed by atoms with E-state index >= 15 is 0 Å². The molecular formula is C26H19N2O+. The Labute approximate surface area is 169 Å². The molecule has 3 heteroatoms. The van der Waals surface area contributed by atoms with Crippen molar-refractivity contribution in [1.29, 1.82) is 5.26 Å². The number of rotatable bonds is 2. The van der Waals surface area contributed by atoms with E-state index in [-0.39, 0.29) is 0 Å². The van der Waals surface area contributed by atoms with Crippen LogP contribution in [0.5, 0.6) is 0 Å². The van der Waals surface area contributed by atoms with E-state index in [1.807, 2.05) is 49.6 Å². The van der Waals surface area contributed by atoms with Gasteiger partial charge >= 0.3 is 0 Å². The Bertz CT molecular complexity index is 1420. The van der Waals surface area contributed by atoms with E-state index in [1.165, 1.54) is 0 Å². The first-order valence-electron chi connectivity index (χ1n) is 9.58. The van der Waals surface area contributed by atoms with Crippen molar-refractivity contribution in [2.75, 3.05) is 0 Å². The Morgan fingerprint density at radius 2 is 1.72 bits per heavy atom. The molecule has 0 unspecified atom stereocenters. The molecular weight excluding hydrogens is 356 g/mol. The van der Waals surface area contributed by atoms with Crippen molar-refractivity contribution in [3.63, 3.8) is 0 Å². The van der Waals surface area contributed by atoms with Crippen molar-refractivity contribution in [3.8, 4) is 28.5 Å². The molecule has 0 aliphatic carbocycles. The number of furan rings is 1. The summed E-state index contributed by atoms with van der Waals surface area (Å²) >= 11 is 0. The van der Waals surface area contributed by atoms with Crippen molar-refractivity contribution in [1.82, 2.24) is 0 Å². The Balaban J connectivity index is 1.97. The van der Waals surface area contributed by atoms with E-state index in [9.17, 15) is 5.26 Å². The molecule has 0 spiro atoms. The molecule has 2 aromatic heterocycles. The monoisotopic (exact) mass is 375 g/mol. The Kier molecular flexibility index (Phi) is 3.93. The molecule has 0 amide bonds. The summed E-state index contributed by atoms with van der Waals surface area (Å²) < 4.78 is 8.52. The first-order valence-corrected chi connectivity index (χ1v) is 9.58. The van der Waals surface area contributed by atoms with Crippen LogP contribution in [0, 0.1) is 18.3 Å². The molecule has 0 radical (unpaired) electrons. The zero-order valence-electron chi connectivity index (χ0n) is 16.3. The van der Waals surface area contributed by atoms with Crippen molar-refractivity contribution in [2.24, 2.45) is 7.05 Å². The van der Waals surface area contributed by atoms with Gasteiger partial charge in [0, 0.05) is 22.9 Å². The van der Waals surface area contributed by atoms with Crippen molar-refractivity contribution in [2.45, 2.75) is 6.92 Å². The summed E-state index contributed by atoms with van der Waals surface area (Å²) in [6, 6.07) is 26.7. The van der Waals surface area contributed by atoms with Crippen LogP contribution in [0.15, 0.2) is 83.4 Å². The first kappa shape index (κ1) is 17.2. The highest BCUT2D eigenvalue weighted by atomic mass is 16.3. The fourth-order valence-electron chi connectivity index (χ4n) is 4.10. The van der Waals surface area contributed by atoms with Gasteiger partial charge in [-0.25, -0.2) is 4.57 Å². The lowest BCUT2D eigenvalue weighted by Gasteiger charge is -2.10. The third-order valence-electron chi connectivity index (χ3n) is 5.47. The summed E-state index contributed by atoms with van der Waals surface area (Å²) in [5.41, 5.74) is 7.81. The Morgan fingerprint density at radius 1 is 0.931 bits per heavy atom. The number of aromatic nitrogens is 1. The van der Waals surface area contributed by atoms with E-state index in [4.69, 9.17) is 4.42 Å². The van der Waals surface area contributed by atoms with Crippen LogP contribution >= 0.6 is 0 Å². The largest absolute Gasteiger partial charge is 0.455 e. The van der Waals surface area contributed by atoms with Crippen LogP contribution in [-0.4, -0.2) is 0 Å². The number of nitriles is 1. The summed E-state index contributed by atoms with van der Waals surface area (Å²) in [7, 11) is 2.04. The minimum atomic E-state index is 0.598. The standard InChI is InChI=1S/C26H19N2O/c1-17-14-21(19-8-4-3-5-9-19)25-20-12-11-18(16-27)15-23(20)29-26(25)24(17)22-10-6-7-13-28(22)2/h3-15H,1-2H3/q+1. The van der Waals surface area contributed by atoms with E-state index in [0.717, 1.165) is 49.9 Å². The number of aryl methyl sites for hydroxylation is 2. The first-order chi connectivity index (χ1) is 14.2. The molecule has 2 heterocycles. The van der Waals surface area contributed by atoms with E-state index in [0.29, 0.717) is 5.56 Å². The zero-order valence-corrected chi connectivity index (χ0v) is 16.3. The highest BCUT2D eigenvalue weighted by molar-refractivity contribution is 6.16. The van der Waals surface area contributed by atoms with Crippen LogP contribution in [0.3, 0.4) is 0 Å². The van der Waals surface area contributed by atoms with Crippen molar-refractivity contribution in [3.05, 3.63) is 90.1 Å². The molecule has 138 valence electrons. The minimum Gasteiger partial charge on any atom is -0.455 e. The van der Waals surface area contributed by atoms with Crippen LogP contribution in [0.25, 0.3) is 44.3 Å². The average Bonchev–Trinajstić information content (AvgIpc) is 3.13. The molecule has 0 aliphatic heterocycles. The molecule has 5 aromatic rings. The summed E-state index contributed by atoms with van der Waals surface area (Å²) in [5.74, 6) is 0. The molecule has 0 aliphatic rings. The van der Waals surface area contributed by atoms with Gasteiger partial charge in [0.15, 0.2) is 6.20 Å². The fraction of sp³-hybridized carbons (Fsp3) is 0.0769. The molecule has 3 aromatic carbocycles. The zero-order chi connectivity index (χ0) is 20.0. The minimum absolute atomic E-state index is 0.598. The number of hydrogen-bond acceptors (Lipinski definition) is 2. The molecule has 3 nitrogen and oxygen atoms in total. The van der Waals surface area contributed by atoms with Gasteiger partial charge in [-0.05, 0) is 53.9 Å². The predicted molar refractivity (Wildman–Crippen MR) is 115 cm³/mol. The third kappa shape index (κ3) is 2.69. The van der Waals surface area contributed by atoms with Gasteiger partial charge in [0.2, 0.25) is 5.69 Å². The second kappa shape index (κ2) is 6.61. The lowest BCUT2D eigenvalue weighted by molar-refractivity contribution is -0.660. The predicted octanol–water partition coefficient (Wildman–Crippen LogP) is 5.92. The average molecular weight is 375 g/mol. The van der Waals surface area contributed by atoms with Crippen molar-refractivity contribution < 1.29 is 8.98 Å². The number of fused-ring (bicyclic) bond motifs is 3. The lowest BCUT2D eigenvalue weighted by Crippen LogP contribution is -2.30. The molecule has 0 saturated heterocycles. The number of nitrogens with zero attached hydrogens (tertiary/aromatic N) is 2. The highest BCUT2D eigenvalue weighted by Gasteiger charge is 2.23. The molecule has 0 saturated carbocycles. The van der Waals surface area contributed by atoms with Crippen LogP contribution in [0.4, 0.5) is 0 Å². The van der Waals surface area contributed by atoms with E-state index in [2.05, 4.69) is 54.0 Å². The lowest BCUT2D eigenvalue weighted by atomic mass is 9.92. The van der Waals surface area contributed by atoms with Gasteiger partial charge in [-0.2, -0.15) is 5.26 Å². The smallest absolute Gasteiger partial charge is 0.216 e. The number of pyridine rings is 1. The van der Waals surface area contributed by atoms with Crippen LogP contribution in [0.2, 0.25) is 0 Å². The van der Waals surface area contributed by atoms with Gasteiger partial charge in [0.25, 0.3) is 0 Å². The van der Waals surface area contributed by atoms with Gasteiger partial charge in [-0.3, -0.25) is 0 Å². The molecule has 29 heavy (non-hydrogen) atoms. The van der Waals surface area contributed by atoms with Gasteiger partial charge < -0.3 is 4.42 Å². The van der Waals surface area contributed by atoms with Crippen LogP contribution in [0.1, 0.15) is 11.1 Å². The van der Waals surface area contributed by atoms with E-state index in [1.54, 1.807) is 0 Å². The van der Waals surface area contributed by atoms with Gasteiger partial charge in [0.05, 0.1) is 17.2 Å². The summed E-state index contributed by atoms with van der Waals surface area (Å²) in [6.07, 6.45) is 2.04. The fourth-order valence-corrected chi connectivity index (χ4v) is 4.10. The number of hydrogen-bond donors (Lipinski definition) is 0. The summed E-state index contributed by atoms with van der Waals surface area (Å²) in [5, 5.41) is 11.4. The molecule has 0 N–H and O–H groups in total. The molecule has 5 rings (SSSR count). The molecule has 0 fully saturated rings. The quantitative estimate of drug-likeness (QED) is 0.359. The van der Waals surface area contributed by atoms with Crippen LogP contribution in [-0.2, 0) is 7.05 Å². The topological polar surface area (TPSA) is 40.8 Å². The normalized spacial score (nSPS) is 11.1. The maximum Gasteiger partial charge on any atom is 0.216 e. The summed E-state index contributed by atoms with van der Waals surface area (Å²) in [4.78, 5) is 0. The third-order valence-corrected chi connectivity index (χ3v) is 5.47. The van der Waals surface area contributed by atoms with Crippen LogP contribution < -0.4 is 4.57 Å². The second-order valence-electron chi connectivity index (χ2n) is 7.31. The maximum absolute atomic E-state index is 9.32. The van der Waals surface area contributed by atoms with Gasteiger partial charge in [0.1, 0.15) is 18.2 Å². The SMILES string of the molecule is Cc1cc(-c2ccccc2)c2c(oc3cc(C#N)ccc32)c1-c1cccc[n+]1C. The van der Waals surface area contributed by atoms with Gasteiger partial charge in [-0.1, -0.05) is 30.3 Å². The highest BCUT2D eigenvalue weighted by Crippen LogP contribution is 2.42. The molecule has 0 atom stereocenters. The van der Waals surface area contributed by atoms with Gasteiger partial charge in [-0.15, -0.1) is 0 Å². The maximum atomic E-state index is 9.32. The Hall–Kier alpha value is -3.90. The van der Waals surface area contributed by atoms with E-state index < -0.39 is 0 Å².